The van der Waals surface area contributed by atoms with Gasteiger partial charge in [-0.25, -0.2) is 0 Å². The van der Waals surface area contributed by atoms with E-state index in [1.54, 1.807) is 17.8 Å². The second-order valence-corrected chi connectivity index (χ2v) is 7.65. The third kappa shape index (κ3) is 5.10. The standard InChI is InChI=1S/C18H24F3N5S/c1-14-22-23-17(24(14)2)27-12-4-7-25-8-10-26(11-9-25)16-6-3-5-15(13-16)18(19,20)21/h3,5-6,13,22H,1,4,7-12H2,2H3. The molecule has 1 N–H and O–H groups in total. The number of alkyl halides is 3. The summed E-state index contributed by atoms with van der Waals surface area (Å²) in [6, 6.07) is 5.59. The molecule has 1 saturated heterocycles. The van der Waals surface area contributed by atoms with E-state index in [-0.39, 0.29) is 0 Å². The molecule has 0 saturated carbocycles. The lowest BCUT2D eigenvalue weighted by Crippen LogP contribution is -2.46. The number of thioether (sulfide) groups is 1. The van der Waals surface area contributed by atoms with Gasteiger partial charge >= 0.3 is 6.18 Å². The van der Waals surface area contributed by atoms with Crippen LogP contribution < -0.4 is 10.3 Å². The van der Waals surface area contributed by atoms with Gasteiger partial charge in [0, 0.05) is 44.7 Å². The second-order valence-electron chi connectivity index (χ2n) is 6.59. The molecule has 2 aliphatic rings. The predicted molar refractivity (Wildman–Crippen MR) is 105 cm³/mol. The fraction of sp³-hybridized carbons (Fsp3) is 0.500. The minimum atomic E-state index is -4.30. The van der Waals surface area contributed by atoms with Gasteiger partial charge in [0.25, 0.3) is 0 Å². The zero-order chi connectivity index (χ0) is 19.4. The number of piperazine rings is 1. The molecule has 0 atom stereocenters. The Kier molecular flexibility index (Phi) is 6.21. The maximum absolute atomic E-state index is 12.9. The van der Waals surface area contributed by atoms with E-state index in [1.165, 1.54) is 12.1 Å². The Balaban J connectivity index is 1.40. The summed E-state index contributed by atoms with van der Waals surface area (Å²) < 4.78 is 38.6. The van der Waals surface area contributed by atoms with Gasteiger partial charge in [-0.1, -0.05) is 24.4 Å². The number of anilines is 1. The molecule has 0 aliphatic carbocycles. The van der Waals surface area contributed by atoms with E-state index >= 15 is 0 Å². The number of benzene rings is 1. The Morgan fingerprint density at radius 1 is 1.22 bits per heavy atom. The van der Waals surface area contributed by atoms with Gasteiger partial charge in [-0.3, -0.25) is 10.3 Å². The fourth-order valence-corrected chi connectivity index (χ4v) is 3.94. The van der Waals surface area contributed by atoms with Crippen molar-refractivity contribution in [2.75, 3.05) is 50.4 Å². The molecule has 9 heteroatoms. The topological polar surface area (TPSA) is 34.1 Å². The van der Waals surface area contributed by atoms with Crippen LogP contribution in [-0.2, 0) is 6.18 Å². The Labute approximate surface area is 161 Å². The van der Waals surface area contributed by atoms with Crippen LogP contribution >= 0.6 is 11.8 Å². The van der Waals surface area contributed by atoms with Gasteiger partial charge < -0.3 is 9.80 Å². The van der Waals surface area contributed by atoms with E-state index in [1.807, 2.05) is 16.8 Å². The van der Waals surface area contributed by atoms with E-state index in [0.29, 0.717) is 5.69 Å². The molecule has 0 radical (unpaired) electrons. The molecule has 1 aromatic rings. The SMILES string of the molecule is C=C1NN=C(SCCCN2CCN(c3cccc(C(F)(F)F)c3)CC2)N1C. The highest BCUT2D eigenvalue weighted by atomic mass is 32.2. The maximum Gasteiger partial charge on any atom is 0.416 e. The fourth-order valence-electron chi connectivity index (χ4n) is 3.07. The van der Waals surface area contributed by atoms with Crippen molar-refractivity contribution in [2.45, 2.75) is 12.6 Å². The number of nitrogens with zero attached hydrogens (tertiary/aromatic N) is 4. The number of amidine groups is 1. The first-order valence-corrected chi connectivity index (χ1v) is 9.87. The van der Waals surface area contributed by atoms with E-state index in [9.17, 15) is 13.2 Å². The Morgan fingerprint density at radius 2 is 1.96 bits per heavy atom. The number of nitrogens with one attached hydrogen (secondary N) is 1. The van der Waals surface area contributed by atoms with Crippen LogP contribution in [0.3, 0.4) is 0 Å². The smallest absolute Gasteiger partial charge is 0.369 e. The zero-order valence-corrected chi connectivity index (χ0v) is 16.1. The van der Waals surface area contributed by atoms with Gasteiger partial charge in [-0.2, -0.15) is 13.2 Å². The molecule has 0 aromatic heterocycles. The summed E-state index contributed by atoms with van der Waals surface area (Å²) in [5.41, 5.74) is 2.92. The van der Waals surface area contributed by atoms with E-state index < -0.39 is 11.7 Å². The minimum Gasteiger partial charge on any atom is -0.369 e. The number of rotatable bonds is 5. The molecule has 2 heterocycles. The normalized spacial score (nSPS) is 18.7. The van der Waals surface area contributed by atoms with E-state index in [0.717, 1.165) is 62.0 Å². The predicted octanol–water partition coefficient (Wildman–Crippen LogP) is 3.23. The van der Waals surface area contributed by atoms with Gasteiger partial charge in [0.1, 0.15) is 5.82 Å². The minimum absolute atomic E-state index is 0.587. The van der Waals surface area contributed by atoms with Crippen molar-refractivity contribution in [3.8, 4) is 0 Å². The molecule has 0 unspecified atom stereocenters. The van der Waals surface area contributed by atoms with Crippen LogP contribution in [0.1, 0.15) is 12.0 Å². The number of hydrazone groups is 1. The molecule has 3 rings (SSSR count). The van der Waals surface area contributed by atoms with Gasteiger partial charge in [-0.15, -0.1) is 5.10 Å². The highest BCUT2D eigenvalue weighted by Crippen LogP contribution is 2.31. The summed E-state index contributed by atoms with van der Waals surface area (Å²) in [4.78, 5) is 6.32. The first-order valence-electron chi connectivity index (χ1n) is 8.88. The molecule has 2 aliphatic heterocycles. The Bertz CT molecular complexity index is 698. The maximum atomic E-state index is 12.9. The third-order valence-corrected chi connectivity index (χ3v) is 5.85. The van der Waals surface area contributed by atoms with Crippen LogP contribution in [-0.4, -0.2) is 60.5 Å². The number of hydrogen-bond donors (Lipinski definition) is 1. The van der Waals surface area contributed by atoms with Crippen molar-refractivity contribution in [3.63, 3.8) is 0 Å². The lowest BCUT2D eigenvalue weighted by atomic mass is 10.1. The Morgan fingerprint density at radius 3 is 2.59 bits per heavy atom. The average Bonchev–Trinajstić information content (AvgIpc) is 2.97. The van der Waals surface area contributed by atoms with Crippen molar-refractivity contribution in [2.24, 2.45) is 5.10 Å². The molecule has 0 bridgehead atoms. The van der Waals surface area contributed by atoms with Gasteiger partial charge in [0.15, 0.2) is 5.17 Å². The van der Waals surface area contributed by atoms with Crippen molar-refractivity contribution < 1.29 is 13.2 Å². The molecular weight excluding hydrogens is 375 g/mol. The quantitative estimate of drug-likeness (QED) is 0.769. The number of halogens is 3. The molecular formula is C18H24F3N5S. The second kappa shape index (κ2) is 8.43. The van der Waals surface area contributed by atoms with Crippen LogP contribution in [0.25, 0.3) is 0 Å². The molecule has 1 fully saturated rings. The van der Waals surface area contributed by atoms with Crippen molar-refractivity contribution in [1.29, 1.82) is 0 Å². The summed E-state index contributed by atoms with van der Waals surface area (Å²) in [6.45, 7) is 8.04. The highest BCUT2D eigenvalue weighted by molar-refractivity contribution is 8.13. The van der Waals surface area contributed by atoms with Crippen LogP contribution in [0, 0.1) is 0 Å². The molecule has 0 amide bonds. The number of hydrogen-bond acceptors (Lipinski definition) is 6. The zero-order valence-electron chi connectivity index (χ0n) is 15.3. The van der Waals surface area contributed by atoms with Gasteiger partial charge in [0.2, 0.25) is 0 Å². The highest BCUT2D eigenvalue weighted by Gasteiger charge is 2.31. The third-order valence-electron chi connectivity index (χ3n) is 4.73. The molecule has 27 heavy (non-hydrogen) atoms. The summed E-state index contributed by atoms with van der Waals surface area (Å²) in [7, 11) is 1.93. The average molecular weight is 399 g/mol. The summed E-state index contributed by atoms with van der Waals surface area (Å²) in [6.07, 6.45) is -3.26. The van der Waals surface area contributed by atoms with E-state index in [4.69, 9.17) is 0 Å². The monoisotopic (exact) mass is 399 g/mol. The molecule has 0 spiro atoms. The Hall–Kier alpha value is -1.87. The first kappa shape index (κ1) is 19.9. The van der Waals surface area contributed by atoms with Crippen LogP contribution in [0.4, 0.5) is 18.9 Å². The first-order chi connectivity index (χ1) is 12.8. The van der Waals surface area contributed by atoms with Crippen LogP contribution in [0.5, 0.6) is 0 Å². The molecule has 5 nitrogen and oxygen atoms in total. The molecule has 148 valence electrons. The summed E-state index contributed by atoms with van der Waals surface area (Å²) in [5, 5.41) is 5.13. The van der Waals surface area contributed by atoms with Gasteiger partial charge in [-0.05, 0) is 31.2 Å². The van der Waals surface area contributed by atoms with Gasteiger partial charge in [0.05, 0.1) is 5.56 Å². The lowest BCUT2D eigenvalue weighted by molar-refractivity contribution is -0.137. The molecule has 1 aromatic carbocycles. The van der Waals surface area contributed by atoms with Crippen molar-refractivity contribution >= 4 is 22.6 Å². The van der Waals surface area contributed by atoms with Crippen molar-refractivity contribution in [3.05, 3.63) is 42.2 Å². The van der Waals surface area contributed by atoms with Crippen molar-refractivity contribution in [1.82, 2.24) is 15.2 Å². The summed E-state index contributed by atoms with van der Waals surface area (Å²) in [5.74, 6) is 1.75. The van der Waals surface area contributed by atoms with Crippen LogP contribution in [0.2, 0.25) is 0 Å². The van der Waals surface area contributed by atoms with E-state index in [2.05, 4.69) is 22.0 Å². The summed E-state index contributed by atoms with van der Waals surface area (Å²) >= 11 is 1.69. The largest absolute Gasteiger partial charge is 0.416 e. The lowest BCUT2D eigenvalue weighted by Gasteiger charge is -2.36. The van der Waals surface area contributed by atoms with Crippen LogP contribution in [0.15, 0.2) is 41.8 Å².